The van der Waals surface area contributed by atoms with Crippen LogP contribution in [0.5, 0.6) is 0 Å². The molecule has 0 aliphatic carbocycles. The minimum Gasteiger partial charge on any atom is -0.443 e. The Labute approximate surface area is 341 Å². The van der Waals surface area contributed by atoms with Gasteiger partial charge in [-0.25, -0.2) is 27.4 Å². The number of benzene rings is 3. The van der Waals surface area contributed by atoms with Gasteiger partial charge in [-0.05, 0) is 128 Å². The number of aryl methyl sites for hydroxylation is 1. The van der Waals surface area contributed by atoms with Crippen molar-refractivity contribution >= 4 is 56.4 Å². The third-order valence-corrected chi connectivity index (χ3v) is 11.0. The monoisotopic (exact) mass is 823 g/mol. The quantitative estimate of drug-likeness (QED) is 0.0973. The Kier molecular flexibility index (Phi) is 15.4. The molecule has 2 atom stereocenters. The van der Waals surface area contributed by atoms with Gasteiger partial charge >= 0.3 is 12.2 Å². The fraction of sp³-hybridized carbons (Fsp3) is 0.442. The van der Waals surface area contributed by atoms with Crippen molar-refractivity contribution in [3.8, 4) is 0 Å². The number of amides is 3. The number of halogens is 1. The Morgan fingerprint density at radius 1 is 0.931 bits per heavy atom. The number of ether oxygens (including phenoxy) is 2. The highest BCUT2D eigenvalue weighted by Crippen LogP contribution is 2.33. The van der Waals surface area contributed by atoms with Gasteiger partial charge in [0, 0.05) is 54.3 Å². The van der Waals surface area contributed by atoms with Crippen LogP contribution in [0, 0.1) is 12.7 Å². The molecule has 4 rings (SSSR count). The predicted molar refractivity (Wildman–Crippen MR) is 226 cm³/mol. The molecule has 1 aromatic heterocycles. The van der Waals surface area contributed by atoms with Crippen LogP contribution < -0.4 is 16.0 Å². The first kappa shape index (κ1) is 47.1. The number of anilines is 3. The first-order valence-electron chi connectivity index (χ1n) is 18.9. The zero-order chi connectivity index (χ0) is 43.9. The van der Waals surface area contributed by atoms with Gasteiger partial charge < -0.3 is 30.5 Å². The lowest BCUT2D eigenvalue weighted by atomic mass is 9.93. The molecule has 3 aromatic carbocycles. The third-order valence-electron chi connectivity index (χ3n) is 8.78. The molecule has 0 radical (unpaired) electrons. The Balaban J connectivity index is 0.000000417. The summed E-state index contributed by atoms with van der Waals surface area (Å²) < 4.78 is 50.4. The summed E-state index contributed by atoms with van der Waals surface area (Å²) in [4.78, 5) is 43.3. The van der Waals surface area contributed by atoms with Crippen molar-refractivity contribution in [1.82, 2.24) is 9.88 Å². The number of hydrogen-bond donors (Lipinski definition) is 3. The molecule has 58 heavy (non-hydrogen) atoms. The number of sulfone groups is 1. The number of fused-ring (bicyclic) bond motifs is 1. The van der Waals surface area contributed by atoms with Crippen LogP contribution in [0.1, 0.15) is 103 Å². The van der Waals surface area contributed by atoms with Crippen LogP contribution in [0.25, 0.3) is 10.8 Å². The maximum Gasteiger partial charge on any atom is 0.425 e. The molecule has 15 heteroatoms. The number of pyridine rings is 1. The number of hydrogen-bond acceptors (Lipinski definition) is 11. The molecular weight excluding hydrogens is 766 g/mol. The predicted octanol–water partition coefficient (Wildman–Crippen LogP) is 8.67. The fourth-order valence-electron chi connectivity index (χ4n) is 5.84. The van der Waals surface area contributed by atoms with Crippen molar-refractivity contribution in [2.24, 2.45) is 0 Å². The minimum absolute atomic E-state index is 0.0458. The highest BCUT2D eigenvalue weighted by molar-refractivity contribution is 7.92. The summed E-state index contributed by atoms with van der Waals surface area (Å²) in [6, 6.07) is 15.6. The van der Waals surface area contributed by atoms with Crippen molar-refractivity contribution in [2.75, 3.05) is 29.6 Å². The van der Waals surface area contributed by atoms with E-state index in [1.807, 2.05) is 32.9 Å². The lowest BCUT2D eigenvalue weighted by Gasteiger charge is -2.28. The average Bonchev–Trinajstić information content (AvgIpc) is 3.11. The van der Waals surface area contributed by atoms with Gasteiger partial charge in [-0.3, -0.25) is 4.79 Å². The number of imide groups is 1. The van der Waals surface area contributed by atoms with Crippen LogP contribution in [0.2, 0.25) is 0 Å². The molecule has 4 aromatic rings. The minimum atomic E-state index is -3.38. The van der Waals surface area contributed by atoms with Gasteiger partial charge in [-0.1, -0.05) is 25.1 Å². The van der Waals surface area contributed by atoms with Gasteiger partial charge in [0.2, 0.25) is 6.41 Å². The second-order valence-electron chi connectivity index (χ2n) is 16.5. The number of carbonyl (C=O) groups is 3. The Morgan fingerprint density at radius 3 is 2.05 bits per heavy atom. The van der Waals surface area contributed by atoms with E-state index in [4.69, 9.17) is 15.2 Å². The van der Waals surface area contributed by atoms with Gasteiger partial charge in [0.25, 0.3) is 0 Å². The van der Waals surface area contributed by atoms with Gasteiger partial charge in [-0.2, -0.15) is 4.90 Å². The highest BCUT2D eigenvalue weighted by Gasteiger charge is 2.35. The second-order valence-corrected chi connectivity index (χ2v) is 19.0. The highest BCUT2D eigenvalue weighted by atomic mass is 32.2. The number of nitrogens with two attached hydrogens (primary N) is 1. The van der Waals surface area contributed by atoms with Crippen molar-refractivity contribution in [2.45, 2.75) is 116 Å². The summed E-state index contributed by atoms with van der Waals surface area (Å²) in [6.07, 6.45) is -0.342. The van der Waals surface area contributed by atoms with Gasteiger partial charge in [0.15, 0.2) is 15.7 Å². The molecular formula is C43H58FN5O8S. The molecule has 0 fully saturated rings. The van der Waals surface area contributed by atoms with Crippen LogP contribution in [0.4, 0.5) is 31.2 Å². The molecule has 316 valence electrons. The topological polar surface area (TPSA) is 181 Å². The van der Waals surface area contributed by atoms with Gasteiger partial charge in [0.05, 0.1) is 16.3 Å². The van der Waals surface area contributed by atoms with Crippen LogP contribution in [0.15, 0.2) is 65.7 Å². The van der Waals surface area contributed by atoms with Gasteiger partial charge in [-0.15, -0.1) is 0 Å². The van der Waals surface area contributed by atoms with Gasteiger partial charge in [0.1, 0.15) is 17.0 Å². The average molecular weight is 824 g/mol. The molecule has 1 heterocycles. The molecule has 0 aliphatic heterocycles. The van der Waals surface area contributed by atoms with Crippen LogP contribution in [-0.2, 0) is 30.7 Å². The normalized spacial score (nSPS) is 12.9. The summed E-state index contributed by atoms with van der Waals surface area (Å²) in [6.45, 7) is 19.6. The van der Waals surface area contributed by atoms with E-state index in [9.17, 15) is 27.9 Å². The van der Waals surface area contributed by atoms with E-state index in [1.165, 1.54) is 11.0 Å². The molecule has 0 saturated carbocycles. The first-order valence-corrected chi connectivity index (χ1v) is 20.4. The molecule has 4 N–H and O–H groups in total. The number of nitrogen functional groups attached to an aromatic ring is 1. The van der Waals surface area contributed by atoms with Crippen molar-refractivity contribution < 1.29 is 41.8 Å². The Morgan fingerprint density at radius 2 is 1.53 bits per heavy atom. The van der Waals surface area contributed by atoms with E-state index in [-0.39, 0.29) is 46.6 Å². The fourth-order valence-corrected chi connectivity index (χ4v) is 7.09. The Hall–Kier alpha value is -5.28. The summed E-state index contributed by atoms with van der Waals surface area (Å²) in [5.41, 5.74) is 8.73. The summed E-state index contributed by atoms with van der Waals surface area (Å²) in [5, 5.41) is 12.8. The number of aliphatic hydroxyl groups is 1. The van der Waals surface area contributed by atoms with E-state index in [0.29, 0.717) is 28.2 Å². The van der Waals surface area contributed by atoms with Crippen molar-refractivity contribution in [3.05, 3.63) is 88.9 Å². The maximum absolute atomic E-state index is 15.1. The van der Waals surface area contributed by atoms with Crippen LogP contribution in [-0.4, -0.2) is 72.1 Å². The number of nitrogens with one attached hydrogen (secondary N) is 1. The molecule has 0 saturated heterocycles. The maximum atomic E-state index is 15.1. The molecule has 0 aliphatic rings. The number of aromatic nitrogens is 1. The molecule has 0 spiro atoms. The van der Waals surface area contributed by atoms with E-state index < -0.39 is 44.3 Å². The number of carbonyl (C=O) groups excluding carboxylic acids is 3. The van der Waals surface area contributed by atoms with Crippen molar-refractivity contribution in [1.29, 1.82) is 0 Å². The number of aliphatic hydroxyl groups excluding tert-OH is 1. The van der Waals surface area contributed by atoms with E-state index in [0.717, 1.165) is 22.9 Å². The lowest BCUT2D eigenvalue weighted by Crippen LogP contribution is -2.44. The summed E-state index contributed by atoms with van der Waals surface area (Å²) in [5.74, 6) is -0.658. The molecule has 3 amide bonds. The SMILES string of the molecule is CC(C)S(=O)(=O)c1ccc(N)cc1CN(C)C=O.Cc1cc(C(C)Nc2ccc3c(N(C(=O)OC(C)(C)C)C(=O)OC(C)(C)C)ncc(F)c3c2)ccc1C(C)CO. The zero-order valence-corrected chi connectivity index (χ0v) is 36.3. The van der Waals surface area contributed by atoms with Crippen LogP contribution in [0.3, 0.4) is 0 Å². The molecule has 13 nitrogen and oxygen atoms in total. The number of rotatable bonds is 11. The Bertz CT molecular complexity index is 2190. The molecule has 2 unspecified atom stereocenters. The van der Waals surface area contributed by atoms with E-state index in [2.05, 4.69) is 16.4 Å². The standard InChI is InChI=1S/C31H40FN3O5.C12H18N2O3S/c1-18-14-21(10-12-23(18)19(2)17-36)20(3)34-22-11-13-24-25(15-22)26(32)16-33-27(24)35(28(37)39-30(4,5)6)29(38)40-31(7,8)9;1-9(2)18(16,17)12-5-4-11(13)6-10(12)7-14(3)8-15/h10-16,19-20,34,36H,17H2,1-9H3;4-6,8-9H,7,13H2,1-3H3. The summed E-state index contributed by atoms with van der Waals surface area (Å²) >= 11 is 0. The van der Waals surface area contributed by atoms with E-state index >= 15 is 4.39 Å². The van der Waals surface area contributed by atoms with E-state index in [1.54, 1.807) is 92.8 Å². The smallest absolute Gasteiger partial charge is 0.425 e. The zero-order valence-electron chi connectivity index (χ0n) is 35.5. The largest absolute Gasteiger partial charge is 0.443 e. The second kappa shape index (κ2) is 19.0. The van der Waals surface area contributed by atoms with Crippen molar-refractivity contribution in [3.63, 3.8) is 0 Å². The third kappa shape index (κ3) is 12.4. The lowest BCUT2D eigenvalue weighted by molar-refractivity contribution is -0.117. The van der Waals surface area contributed by atoms with Crippen LogP contribution >= 0.6 is 0 Å². The number of nitrogens with zero attached hydrogens (tertiary/aromatic N) is 3. The summed E-state index contributed by atoms with van der Waals surface area (Å²) in [7, 11) is -1.79. The molecule has 0 bridgehead atoms. The first-order chi connectivity index (χ1) is 26.8.